The summed E-state index contributed by atoms with van der Waals surface area (Å²) in [5, 5.41) is 10.3. The number of benzene rings is 2. The number of aryl methyl sites for hydroxylation is 1. The lowest BCUT2D eigenvalue weighted by molar-refractivity contribution is 0.677. The van der Waals surface area contributed by atoms with Gasteiger partial charge in [-0.25, -0.2) is 0 Å². The largest absolute Gasteiger partial charge is 0.308 e. The molecule has 0 aliphatic carbocycles. The summed E-state index contributed by atoms with van der Waals surface area (Å²) >= 11 is 13.9. The van der Waals surface area contributed by atoms with Crippen molar-refractivity contribution in [2.24, 2.45) is 7.05 Å². The highest BCUT2D eigenvalue weighted by molar-refractivity contribution is 7.98. The smallest absolute Gasteiger partial charge is 0.191 e. The Morgan fingerprint density at radius 1 is 1.04 bits per heavy atom. The first kappa shape index (κ1) is 20.4. The van der Waals surface area contributed by atoms with Crippen LogP contribution < -0.4 is 0 Å². The number of hydrogen-bond acceptors (Lipinski definition) is 4. The molecule has 8 heteroatoms. The van der Waals surface area contributed by atoms with Crippen molar-refractivity contribution in [1.82, 2.24) is 14.8 Å². The second-order valence-electron chi connectivity index (χ2n) is 6.16. The van der Waals surface area contributed by atoms with E-state index in [0.29, 0.717) is 27.2 Å². The molecule has 0 bridgehead atoms. The molecule has 0 unspecified atom stereocenters. The number of nitrogens with zero attached hydrogens (tertiary/aromatic N) is 3. The predicted octanol–water partition coefficient (Wildman–Crippen LogP) is 5.17. The molecular weight excluding hydrogens is 421 g/mol. The maximum absolute atomic E-state index is 12.6. The maximum Gasteiger partial charge on any atom is 0.191 e. The van der Waals surface area contributed by atoms with E-state index in [2.05, 4.69) is 41.4 Å². The van der Waals surface area contributed by atoms with E-state index in [4.69, 9.17) is 23.2 Å². The van der Waals surface area contributed by atoms with Gasteiger partial charge in [-0.1, -0.05) is 70.9 Å². The van der Waals surface area contributed by atoms with Crippen LogP contribution in [0.15, 0.2) is 47.6 Å². The molecule has 142 valence electrons. The predicted molar refractivity (Wildman–Crippen MR) is 114 cm³/mol. The Morgan fingerprint density at radius 2 is 1.70 bits per heavy atom. The zero-order valence-corrected chi connectivity index (χ0v) is 18.1. The van der Waals surface area contributed by atoms with Crippen molar-refractivity contribution in [3.63, 3.8) is 0 Å². The minimum absolute atomic E-state index is 0.289. The third kappa shape index (κ3) is 5.35. The molecule has 0 saturated carbocycles. The zero-order valence-electron chi connectivity index (χ0n) is 15.0. The monoisotopic (exact) mass is 439 g/mol. The van der Waals surface area contributed by atoms with Crippen molar-refractivity contribution in [1.29, 1.82) is 0 Å². The summed E-state index contributed by atoms with van der Waals surface area (Å²) in [6, 6.07) is 13.7. The molecule has 1 atom stereocenters. The van der Waals surface area contributed by atoms with Crippen molar-refractivity contribution in [2.75, 3.05) is 0 Å². The van der Waals surface area contributed by atoms with Gasteiger partial charge >= 0.3 is 0 Å². The Hall–Kier alpha value is -1.34. The molecule has 1 heterocycles. The van der Waals surface area contributed by atoms with Crippen LogP contribution in [0.4, 0.5) is 0 Å². The van der Waals surface area contributed by atoms with Gasteiger partial charge in [0.25, 0.3) is 0 Å². The molecule has 0 saturated heterocycles. The highest BCUT2D eigenvalue weighted by Gasteiger charge is 2.15. The van der Waals surface area contributed by atoms with Gasteiger partial charge in [-0.15, -0.1) is 10.2 Å². The fraction of sp³-hybridized carbons (Fsp3) is 0.263. The van der Waals surface area contributed by atoms with Crippen LogP contribution in [-0.2, 0) is 35.1 Å². The third-order valence-corrected chi connectivity index (χ3v) is 7.06. The zero-order chi connectivity index (χ0) is 19.4. The summed E-state index contributed by atoms with van der Waals surface area (Å²) in [5.41, 5.74) is 3.17. The fourth-order valence-electron chi connectivity index (χ4n) is 2.45. The van der Waals surface area contributed by atoms with Gasteiger partial charge in [0.2, 0.25) is 0 Å². The van der Waals surface area contributed by atoms with E-state index in [1.54, 1.807) is 30.0 Å². The molecule has 0 fully saturated rings. The number of hydrogen-bond donors (Lipinski definition) is 0. The highest BCUT2D eigenvalue weighted by atomic mass is 35.5. The molecule has 3 rings (SSSR count). The van der Waals surface area contributed by atoms with Crippen molar-refractivity contribution in [3.8, 4) is 0 Å². The lowest BCUT2D eigenvalue weighted by Gasteiger charge is -2.07. The van der Waals surface area contributed by atoms with Gasteiger partial charge in [0.15, 0.2) is 5.16 Å². The van der Waals surface area contributed by atoms with Crippen LogP contribution in [0.3, 0.4) is 0 Å². The lowest BCUT2D eigenvalue weighted by atomic mass is 10.2. The second-order valence-corrected chi connectivity index (χ2v) is 9.37. The van der Waals surface area contributed by atoms with Gasteiger partial charge in [0.1, 0.15) is 5.82 Å². The van der Waals surface area contributed by atoms with Crippen LogP contribution in [-0.4, -0.2) is 19.0 Å². The van der Waals surface area contributed by atoms with Crippen LogP contribution in [0, 0.1) is 6.92 Å². The molecule has 27 heavy (non-hydrogen) atoms. The van der Waals surface area contributed by atoms with E-state index in [1.165, 1.54) is 11.1 Å². The van der Waals surface area contributed by atoms with E-state index >= 15 is 0 Å². The molecule has 3 aromatic rings. The van der Waals surface area contributed by atoms with E-state index in [0.717, 1.165) is 10.9 Å². The molecule has 0 radical (unpaired) electrons. The van der Waals surface area contributed by atoms with E-state index in [1.807, 2.05) is 11.6 Å². The van der Waals surface area contributed by atoms with Crippen LogP contribution in [0.2, 0.25) is 10.0 Å². The molecule has 0 aliphatic rings. The summed E-state index contributed by atoms with van der Waals surface area (Å²) in [4.78, 5) is 0. The van der Waals surface area contributed by atoms with Crippen LogP contribution >= 0.6 is 35.0 Å². The third-order valence-electron chi connectivity index (χ3n) is 4.07. The molecule has 1 aromatic heterocycles. The average Bonchev–Trinajstić information content (AvgIpc) is 2.98. The molecule has 4 nitrogen and oxygen atoms in total. The first-order valence-electron chi connectivity index (χ1n) is 8.28. The quantitative estimate of drug-likeness (QED) is 0.476. The Bertz CT molecular complexity index is 938. The first-order chi connectivity index (χ1) is 12.9. The van der Waals surface area contributed by atoms with Gasteiger partial charge in [-0.05, 0) is 24.6 Å². The minimum atomic E-state index is -1.18. The molecule has 2 aromatic carbocycles. The standard InChI is InChI=1S/C19H19Cl2N3OS2/c1-13-6-8-14(9-7-13)10-26-19-23-22-18(24(19)2)12-27(25)11-15-16(20)4-3-5-17(15)21/h3-9H,10-12H2,1-2H3/t27-/m0/s1. The van der Waals surface area contributed by atoms with Crippen molar-refractivity contribution in [3.05, 3.63) is 75.0 Å². The summed E-state index contributed by atoms with van der Waals surface area (Å²) in [6.45, 7) is 2.07. The topological polar surface area (TPSA) is 47.8 Å². The normalized spacial score (nSPS) is 12.3. The highest BCUT2D eigenvalue weighted by Crippen LogP contribution is 2.26. The summed E-state index contributed by atoms with van der Waals surface area (Å²) < 4.78 is 14.5. The molecular formula is C19H19Cl2N3OS2. The van der Waals surface area contributed by atoms with E-state index in [-0.39, 0.29) is 5.75 Å². The molecule has 0 N–H and O–H groups in total. The number of rotatable bonds is 7. The van der Waals surface area contributed by atoms with Gasteiger partial charge in [-0.2, -0.15) is 0 Å². The first-order valence-corrected chi connectivity index (χ1v) is 11.5. The van der Waals surface area contributed by atoms with E-state index < -0.39 is 10.8 Å². The van der Waals surface area contributed by atoms with Crippen LogP contribution in [0.25, 0.3) is 0 Å². The summed E-state index contributed by atoms with van der Waals surface area (Å²) in [7, 11) is 0.712. The Labute approximate surface area is 175 Å². The van der Waals surface area contributed by atoms with E-state index in [9.17, 15) is 4.21 Å². The lowest BCUT2D eigenvalue weighted by Crippen LogP contribution is -2.06. The van der Waals surface area contributed by atoms with Crippen LogP contribution in [0.5, 0.6) is 0 Å². The van der Waals surface area contributed by atoms with Crippen LogP contribution in [0.1, 0.15) is 22.5 Å². The summed E-state index contributed by atoms with van der Waals surface area (Å²) in [6.07, 6.45) is 0. The van der Waals surface area contributed by atoms with Gasteiger partial charge in [-0.3, -0.25) is 4.21 Å². The number of halogens is 2. The van der Waals surface area contributed by atoms with Gasteiger partial charge in [0, 0.05) is 39.2 Å². The molecule has 0 aliphatic heterocycles. The molecule has 0 spiro atoms. The Balaban J connectivity index is 1.63. The minimum Gasteiger partial charge on any atom is -0.308 e. The molecule has 0 amide bonds. The van der Waals surface area contributed by atoms with Crippen molar-refractivity contribution in [2.45, 2.75) is 29.3 Å². The average molecular weight is 440 g/mol. The Morgan fingerprint density at radius 3 is 2.37 bits per heavy atom. The van der Waals surface area contributed by atoms with Crippen molar-refractivity contribution < 1.29 is 4.21 Å². The SMILES string of the molecule is Cc1ccc(CSc2nnc(C[S@@](=O)Cc3c(Cl)cccc3Cl)n2C)cc1. The fourth-order valence-corrected chi connectivity index (χ4v) is 5.30. The summed E-state index contributed by atoms with van der Waals surface area (Å²) in [5.74, 6) is 2.08. The maximum atomic E-state index is 12.6. The van der Waals surface area contributed by atoms with Gasteiger partial charge < -0.3 is 4.57 Å². The number of aromatic nitrogens is 3. The van der Waals surface area contributed by atoms with Crippen molar-refractivity contribution >= 4 is 45.8 Å². The Kier molecular flexibility index (Phi) is 6.98. The van der Waals surface area contributed by atoms with Gasteiger partial charge in [0.05, 0.1) is 11.5 Å². The number of thioether (sulfide) groups is 1. The second kappa shape index (κ2) is 9.24.